The van der Waals surface area contributed by atoms with Crippen molar-refractivity contribution in [1.29, 1.82) is 0 Å². The molecule has 0 saturated carbocycles. The zero-order valence-electron chi connectivity index (χ0n) is 11.7. The molecule has 2 rings (SSSR count). The van der Waals surface area contributed by atoms with Gasteiger partial charge >= 0.3 is 0 Å². The molecule has 2 aromatic carbocycles. The number of rotatable bonds is 5. The van der Waals surface area contributed by atoms with Crippen LogP contribution in [0, 0.1) is 17.0 Å². The van der Waals surface area contributed by atoms with Crippen molar-refractivity contribution in [2.45, 2.75) is 13.8 Å². The van der Waals surface area contributed by atoms with Gasteiger partial charge in [0.05, 0.1) is 11.0 Å². The van der Waals surface area contributed by atoms with Crippen LogP contribution in [-0.4, -0.2) is 11.5 Å². The number of benzene rings is 2. The molecule has 0 amide bonds. The van der Waals surface area contributed by atoms with E-state index in [1.807, 2.05) is 19.9 Å². The van der Waals surface area contributed by atoms with E-state index in [1.54, 1.807) is 18.2 Å². The third-order valence-electron chi connectivity index (χ3n) is 2.86. The normalized spacial score (nSPS) is 10.2. The summed E-state index contributed by atoms with van der Waals surface area (Å²) in [5, 5.41) is 14.6. The highest BCUT2D eigenvalue weighted by molar-refractivity contribution is 6.30. The van der Waals surface area contributed by atoms with Crippen LogP contribution in [0.1, 0.15) is 12.5 Å². The van der Waals surface area contributed by atoms with Crippen LogP contribution in [0.5, 0.6) is 11.5 Å². The van der Waals surface area contributed by atoms with Gasteiger partial charge in [-0.2, -0.15) is 0 Å². The third kappa shape index (κ3) is 3.86. The summed E-state index contributed by atoms with van der Waals surface area (Å²) in [5.74, 6) is 0.968. The highest BCUT2D eigenvalue weighted by atomic mass is 35.5. The molecule has 5 nitrogen and oxygen atoms in total. The molecule has 0 aliphatic carbocycles. The van der Waals surface area contributed by atoms with Crippen molar-refractivity contribution in [2.24, 2.45) is 0 Å². The van der Waals surface area contributed by atoms with E-state index in [4.69, 9.17) is 16.3 Å². The molecule has 110 valence electrons. The maximum atomic E-state index is 11.0. The number of aryl methyl sites for hydroxylation is 1. The van der Waals surface area contributed by atoms with Crippen molar-refractivity contribution in [1.82, 2.24) is 0 Å². The molecule has 0 aromatic heterocycles. The fraction of sp³-hybridized carbons (Fsp3) is 0.200. The number of anilines is 1. The molecular weight excluding hydrogens is 292 g/mol. The van der Waals surface area contributed by atoms with E-state index in [1.165, 1.54) is 12.1 Å². The molecule has 0 atom stereocenters. The van der Waals surface area contributed by atoms with Gasteiger partial charge < -0.3 is 10.1 Å². The summed E-state index contributed by atoms with van der Waals surface area (Å²) >= 11 is 5.95. The van der Waals surface area contributed by atoms with Gasteiger partial charge in [0.25, 0.3) is 5.69 Å². The van der Waals surface area contributed by atoms with Gasteiger partial charge in [0, 0.05) is 29.4 Å². The second kappa shape index (κ2) is 6.45. The number of nitro groups is 1. The summed E-state index contributed by atoms with van der Waals surface area (Å²) < 4.78 is 5.74. The first-order chi connectivity index (χ1) is 9.99. The van der Waals surface area contributed by atoms with E-state index in [0.717, 1.165) is 5.56 Å². The molecule has 0 aliphatic rings. The Balaban J connectivity index is 2.38. The van der Waals surface area contributed by atoms with E-state index in [-0.39, 0.29) is 5.69 Å². The summed E-state index contributed by atoms with van der Waals surface area (Å²) in [6.07, 6.45) is 0. The molecule has 0 heterocycles. The number of halogens is 1. The molecule has 6 heteroatoms. The van der Waals surface area contributed by atoms with Gasteiger partial charge in [-0.05, 0) is 31.5 Å². The Morgan fingerprint density at radius 2 is 2.05 bits per heavy atom. The summed E-state index contributed by atoms with van der Waals surface area (Å²) in [4.78, 5) is 10.5. The number of nitrogens with zero attached hydrogens (tertiary/aromatic N) is 1. The Kier molecular flexibility index (Phi) is 4.65. The minimum Gasteiger partial charge on any atom is -0.457 e. The van der Waals surface area contributed by atoms with Gasteiger partial charge in [-0.1, -0.05) is 17.7 Å². The van der Waals surface area contributed by atoms with Crippen LogP contribution >= 0.6 is 11.6 Å². The maximum absolute atomic E-state index is 11.0. The first-order valence-corrected chi connectivity index (χ1v) is 6.84. The monoisotopic (exact) mass is 306 g/mol. The lowest BCUT2D eigenvalue weighted by Crippen LogP contribution is -1.99. The Morgan fingerprint density at radius 3 is 2.71 bits per heavy atom. The Morgan fingerprint density at radius 1 is 1.29 bits per heavy atom. The summed E-state index contributed by atoms with van der Waals surface area (Å²) in [6, 6.07) is 9.86. The van der Waals surface area contributed by atoms with Gasteiger partial charge in [0.15, 0.2) is 0 Å². The Labute approximate surface area is 127 Å². The smallest absolute Gasteiger partial charge is 0.275 e. The minimum atomic E-state index is -0.446. The Hall–Kier alpha value is -2.27. The second-order valence-electron chi connectivity index (χ2n) is 4.51. The third-order valence-corrected chi connectivity index (χ3v) is 3.10. The average Bonchev–Trinajstić information content (AvgIpc) is 2.43. The van der Waals surface area contributed by atoms with Crippen LogP contribution < -0.4 is 10.1 Å². The lowest BCUT2D eigenvalue weighted by atomic mass is 10.2. The average molecular weight is 307 g/mol. The van der Waals surface area contributed by atoms with E-state index < -0.39 is 4.92 Å². The lowest BCUT2D eigenvalue weighted by Gasteiger charge is -2.11. The number of nitrogens with one attached hydrogen (secondary N) is 1. The van der Waals surface area contributed by atoms with Crippen LogP contribution in [0.25, 0.3) is 0 Å². The quantitative estimate of drug-likeness (QED) is 0.637. The molecule has 0 spiro atoms. The largest absolute Gasteiger partial charge is 0.457 e. The molecule has 2 aromatic rings. The van der Waals surface area contributed by atoms with Crippen molar-refractivity contribution in [3.05, 3.63) is 57.1 Å². The summed E-state index contributed by atoms with van der Waals surface area (Å²) in [5.41, 5.74) is 1.51. The van der Waals surface area contributed by atoms with E-state index >= 15 is 0 Å². The predicted molar refractivity (Wildman–Crippen MR) is 83.5 cm³/mol. The van der Waals surface area contributed by atoms with E-state index in [9.17, 15) is 10.1 Å². The summed E-state index contributed by atoms with van der Waals surface area (Å²) in [6.45, 7) is 4.46. The zero-order chi connectivity index (χ0) is 15.4. The van der Waals surface area contributed by atoms with Crippen LogP contribution in [-0.2, 0) is 0 Å². The second-order valence-corrected chi connectivity index (χ2v) is 4.95. The molecule has 0 saturated heterocycles. The summed E-state index contributed by atoms with van der Waals surface area (Å²) in [7, 11) is 0. The molecule has 0 radical (unpaired) electrons. The topological polar surface area (TPSA) is 64.4 Å². The fourth-order valence-electron chi connectivity index (χ4n) is 1.86. The van der Waals surface area contributed by atoms with E-state index in [2.05, 4.69) is 5.32 Å². The van der Waals surface area contributed by atoms with Gasteiger partial charge in [0.1, 0.15) is 11.5 Å². The zero-order valence-corrected chi connectivity index (χ0v) is 12.5. The van der Waals surface area contributed by atoms with Gasteiger partial charge in [-0.3, -0.25) is 10.1 Å². The number of non-ortho nitro benzene ring substituents is 1. The number of hydrogen-bond donors (Lipinski definition) is 1. The number of nitro benzene ring substituents is 1. The van der Waals surface area contributed by atoms with Gasteiger partial charge in [-0.25, -0.2) is 0 Å². The van der Waals surface area contributed by atoms with Crippen molar-refractivity contribution in [3.8, 4) is 11.5 Å². The molecule has 0 aliphatic heterocycles. The van der Waals surface area contributed by atoms with Crippen LogP contribution in [0.4, 0.5) is 11.4 Å². The number of ether oxygens (including phenoxy) is 1. The first kappa shape index (κ1) is 15.1. The van der Waals surface area contributed by atoms with Crippen LogP contribution in [0.3, 0.4) is 0 Å². The van der Waals surface area contributed by atoms with E-state index in [0.29, 0.717) is 28.8 Å². The maximum Gasteiger partial charge on any atom is 0.275 e. The number of hydrogen-bond acceptors (Lipinski definition) is 4. The highest BCUT2D eigenvalue weighted by Gasteiger charge is 2.12. The van der Waals surface area contributed by atoms with Crippen molar-refractivity contribution in [2.75, 3.05) is 11.9 Å². The van der Waals surface area contributed by atoms with Crippen LogP contribution in [0.15, 0.2) is 36.4 Å². The fourth-order valence-corrected chi connectivity index (χ4v) is 2.03. The van der Waals surface area contributed by atoms with Gasteiger partial charge in [-0.15, -0.1) is 0 Å². The molecule has 21 heavy (non-hydrogen) atoms. The highest BCUT2D eigenvalue weighted by Crippen LogP contribution is 2.32. The SMILES string of the molecule is CCNc1cc(Oc2cc(Cl)ccc2C)cc([N+](=O)[O-])c1. The standard InChI is InChI=1S/C15H15ClN2O3/c1-3-17-12-7-13(18(19)20)9-14(8-12)21-15-6-11(16)5-4-10(15)2/h4-9,17H,3H2,1-2H3. The van der Waals surface area contributed by atoms with Crippen molar-refractivity contribution >= 4 is 23.0 Å². The van der Waals surface area contributed by atoms with Gasteiger partial charge in [0.2, 0.25) is 0 Å². The molecule has 0 unspecified atom stereocenters. The predicted octanol–water partition coefficient (Wildman–Crippen LogP) is 4.78. The molecule has 0 fully saturated rings. The molecular formula is C15H15ClN2O3. The minimum absolute atomic E-state index is 0.0249. The lowest BCUT2D eigenvalue weighted by molar-refractivity contribution is -0.384. The first-order valence-electron chi connectivity index (χ1n) is 6.47. The Bertz CT molecular complexity index is 674. The van der Waals surface area contributed by atoms with Crippen LogP contribution in [0.2, 0.25) is 5.02 Å². The van der Waals surface area contributed by atoms with Crippen molar-refractivity contribution in [3.63, 3.8) is 0 Å². The molecule has 0 bridgehead atoms. The molecule has 1 N–H and O–H groups in total. The van der Waals surface area contributed by atoms with Crippen molar-refractivity contribution < 1.29 is 9.66 Å².